The van der Waals surface area contributed by atoms with Gasteiger partial charge in [0, 0.05) is 0 Å². The van der Waals surface area contributed by atoms with Gasteiger partial charge in [-0.05, 0) is 0 Å². The van der Waals surface area contributed by atoms with E-state index in [1.54, 1.807) is 10.6 Å². The molecule has 0 bridgehead atoms. The summed E-state index contributed by atoms with van der Waals surface area (Å²) in [4.78, 5) is 0. The molecular weight excluding hydrogens is 602 g/mol. The Morgan fingerprint density at radius 1 is 0.383 bits per heavy atom. The molecule has 0 aliphatic heterocycles. The van der Waals surface area contributed by atoms with Crippen LogP contribution in [0.2, 0.25) is 0 Å². The van der Waals surface area contributed by atoms with E-state index in [4.69, 9.17) is 0 Å². The third-order valence-electron chi connectivity index (χ3n) is 10.6. The maximum absolute atomic E-state index is 2.52. The van der Waals surface area contributed by atoms with E-state index in [1.165, 1.54) is 73.2 Å². The zero-order valence-electron chi connectivity index (χ0n) is 27.9. The summed E-state index contributed by atoms with van der Waals surface area (Å²) >= 11 is 0. The van der Waals surface area contributed by atoms with Crippen LogP contribution in [0.25, 0.3) is 0 Å². The van der Waals surface area contributed by atoms with Crippen molar-refractivity contribution in [2.45, 2.75) is 57.0 Å². The van der Waals surface area contributed by atoms with Gasteiger partial charge in [-0.1, -0.05) is 0 Å². The fourth-order valence-electron chi connectivity index (χ4n) is 8.26. The van der Waals surface area contributed by atoms with Gasteiger partial charge in [0.1, 0.15) is 0 Å². The van der Waals surface area contributed by atoms with Crippen LogP contribution in [0.15, 0.2) is 176 Å². The molecule has 1 aliphatic rings. The van der Waals surface area contributed by atoms with Crippen molar-refractivity contribution in [2.24, 2.45) is 0 Å². The predicted molar refractivity (Wildman–Crippen MR) is 216 cm³/mol. The molecule has 0 spiro atoms. The summed E-state index contributed by atoms with van der Waals surface area (Å²) in [7, 11) is -4.09. The van der Waals surface area contributed by atoms with Crippen LogP contribution in [-0.4, -0.2) is 18.0 Å². The number of benzene rings is 5. The van der Waals surface area contributed by atoms with E-state index in [-0.39, 0.29) is 0 Å². The van der Waals surface area contributed by atoms with E-state index in [2.05, 4.69) is 176 Å². The van der Waals surface area contributed by atoms with Crippen LogP contribution < -0.4 is 26.5 Å². The summed E-state index contributed by atoms with van der Waals surface area (Å²) < 4.78 is 0. The fraction of sp³-hybridized carbons (Fsp3) is 0.244. The first-order valence-corrected chi connectivity index (χ1v) is 22.4. The molecule has 0 N–H and O–H groups in total. The Labute approximate surface area is 285 Å². The number of hydrogen-bond donors (Lipinski definition) is 0. The Balaban J connectivity index is 1.08. The van der Waals surface area contributed by atoms with E-state index >= 15 is 0 Å². The Kier molecular flexibility index (Phi) is 12.1. The van der Waals surface area contributed by atoms with Crippen molar-refractivity contribution in [2.75, 3.05) is 12.3 Å². The van der Waals surface area contributed by atoms with Gasteiger partial charge in [-0.2, -0.15) is 0 Å². The van der Waals surface area contributed by atoms with Crippen LogP contribution in [0.3, 0.4) is 0 Å². The molecule has 0 amide bonds. The minimum atomic E-state index is -2.11. The first-order valence-electron chi connectivity index (χ1n) is 17.9. The van der Waals surface area contributed by atoms with Crippen LogP contribution in [0.1, 0.15) is 51.4 Å². The van der Waals surface area contributed by atoms with Crippen molar-refractivity contribution in [3.05, 3.63) is 176 Å². The molecule has 1 aliphatic carbocycles. The monoisotopic (exact) mass is 654 g/mol. The third-order valence-corrected chi connectivity index (χ3v) is 21.2. The molecule has 0 saturated carbocycles. The molecular formula is C45H52P2. The molecule has 47 heavy (non-hydrogen) atoms. The van der Waals surface area contributed by atoms with Gasteiger partial charge in [0.15, 0.2) is 0 Å². The van der Waals surface area contributed by atoms with E-state index in [0.717, 1.165) is 6.42 Å². The second-order valence-corrected chi connectivity index (χ2v) is 21.7. The predicted octanol–water partition coefficient (Wildman–Crippen LogP) is 9.73. The van der Waals surface area contributed by atoms with Crippen molar-refractivity contribution in [3.8, 4) is 0 Å². The standard InChI is InChI=1S/C45H52P2/c1(2-4-24-38-46(40-26-12-6-13-27-40,41-28-14-7-15-29-41)42-30-16-8-17-31-42)3-5-25-39-47(43-32-18-9-19-33-43,44-34-20-10-21-35-44)45-36-22-11-23-37-45/h6-23,26-36,45-47H,1-5,24-25,37-39H2. The molecule has 0 saturated heterocycles. The van der Waals surface area contributed by atoms with Crippen molar-refractivity contribution in [3.63, 3.8) is 0 Å². The number of allylic oxidation sites excluding steroid dienone is 4. The van der Waals surface area contributed by atoms with Crippen LogP contribution in [0.4, 0.5) is 0 Å². The fourth-order valence-corrected chi connectivity index (χ4v) is 18.7. The van der Waals surface area contributed by atoms with E-state index in [1.807, 2.05) is 0 Å². The van der Waals surface area contributed by atoms with Crippen LogP contribution in [-0.2, 0) is 0 Å². The number of hydrogen-bond acceptors (Lipinski definition) is 0. The van der Waals surface area contributed by atoms with Crippen LogP contribution in [0, 0.1) is 0 Å². The van der Waals surface area contributed by atoms with Crippen molar-refractivity contribution in [1.82, 2.24) is 0 Å². The minimum absolute atomic E-state index is 0.612. The van der Waals surface area contributed by atoms with Crippen molar-refractivity contribution >= 4 is 41.0 Å². The van der Waals surface area contributed by atoms with Gasteiger partial charge in [0.05, 0.1) is 0 Å². The summed E-state index contributed by atoms with van der Waals surface area (Å²) in [6, 6.07) is 57.3. The molecule has 5 aromatic rings. The van der Waals surface area contributed by atoms with Crippen LogP contribution >= 0.6 is 14.5 Å². The van der Waals surface area contributed by atoms with Gasteiger partial charge < -0.3 is 0 Å². The van der Waals surface area contributed by atoms with E-state index in [0.29, 0.717) is 5.66 Å². The average molecular weight is 655 g/mol. The summed E-state index contributed by atoms with van der Waals surface area (Å²) in [6.07, 6.45) is 22.4. The summed E-state index contributed by atoms with van der Waals surface area (Å²) in [5.41, 5.74) is 0.612. The number of rotatable bonds is 16. The summed E-state index contributed by atoms with van der Waals surface area (Å²) in [6.45, 7) is 0. The van der Waals surface area contributed by atoms with Crippen molar-refractivity contribution < 1.29 is 0 Å². The normalized spacial score (nSPS) is 15.4. The zero-order valence-corrected chi connectivity index (χ0v) is 29.9. The summed E-state index contributed by atoms with van der Waals surface area (Å²) in [5.74, 6) is 0. The quantitative estimate of drug-likeness (QED) is 0.0734. The van der Waals surface area contributed by atoms with Crippen LogP contribution in [0.5, 0.6) is 0 Å². The molecule has 1 unspecified atom stereocenters. The Hall–Kier alpha value is -3.56. The average Bonchev–Trinajstić information content (AvgIpc) is 3.16. The first kappa shape index (κ1) is 33.3. The van der Waals surface area contributed by atoms with Gasteiger partial charge in [-0.3, -0.25) is 0 Å². The third kappa shape index (κ3) is 7.78. The van der Waals surface area contributed by atoms with Gasteiger partial charge >= 0.3 is 286 Å². The van der Waals surface area contributed by atoms with Gasteiger partial charge in [-0.25, -0.2) is 0 Å². The second-order valence-electron chi connectivity index (χ2n) is 13.3. The van der Waals surface area contributed by atoms with Crippen molar-refractivity contribution in [1.29, 1.82) is 0 Å². The SMILES string of the molecule is C1=CCC([PH](CCCCCCCCC[PH](c2ccccc2)(c2ccccc2)c2ccccc2)(c2ccccc2)c2ccccc2)C=C1. The Bertz CT molecular complexity index is 1530. The second kappa shape index (κ2) is 17.0. The van der Waals surface area contributed by atoms with Gasteiger partial charge in [0.25, 0.3) is 0 Å². The molecule has 242 valence electrons. The Morgan fingerprint density at radius 3 is 1.13 bits per heavy atom. The Morgan fingerprint density at radius 2 is 0.745 bits per heavy atom. The molecule has 6 rings (SSSR count). The molecule has 0 fully saturated rings. The van der Waals surface area contributed by atoms with Gasteiger partial charge in [-0.15, -0.1) is 0 Å². The number of unbranched alkanes of at least 4 members (excludes halogenated alkanes) is 6. The van der Waals surface area contributed by atoms with E-state index in [9.17, 15) is 0 Å². The molecule has 2 heteroatoms. The molecule has 0 aromatic heterocycles. The molecule has 5 aromatic carbocycles. The topological polar surface area (TPSA) is 0 Å². The zero-order chi connectivity index (χ0) is 32.0. The molecule has 0 heterocycles. The van der Waals surface area contributed by atoms with E-state index < -0.39 is 14.5 Å². The molecule has 0 nitrogen and oxygen atoms in total. The summed E-state index contributed by atoms with van der Waals surface area (Å²) in [5, 5.41) is 7.79. The first-order chi connectivity index (χ1) is 23.3. The van der Waals surface area contributed by atoms with Gasteiger partial charge in [0.2, 0.25) is 0 Å². The molecule has 0 radical (unpaired) electrons. The molecule has 1 atom stereocenters. The maximum atomic E-state index is 2.52.